The predicted octanol–water partition coefficient (Wildman–Crippen LogP) is 5.78. The van der Waals surface area contributed by atoms with Gasteiger partial charge >= 0.3 is 0 Å². The lowest BCUT2D eigenvalue weighted by atomic mass is 9.66. The van der Waals surface area contributed by atoms with Gasteiger partial charge in [-0.15, -0.1) is 0 Å². The molecule has 0 bridgehead atoms. The Hall–Kier alpha value is -3.20. The van der Waals surface area contributed by atoms with Crippen molar-refractivity contribution in [3.63, 3.8) is 0 Å². The molecule has 0 aromatic heterocycles. The lowest BCUT2D eigenvalue weighted by Crippen LogP contribution is -2.30. The highest BCUT2D eigenvalue weighted by atomic mass is 16.5. The average molecular weight is 399 g/mol. The highest BCUT2D eigenvalue weighted by Gasteiger charge is 2.53. The number of rotatable bonds is 5. The molecular weight excluding hydrogens is 372 g/mol. The molecule has 0 saturated heterocycles. The minimum atomic E-state index is -0.129. The second-order valence-corrected chi connectivity index (χ2v) is 8.06. The van der Waals surface area contributed by atoms with Crippen molar-refractivity contribution in [2.24, 2.45) is 0 Å². The van der Waals surface area contributed by atoms with Gasteiger partial charge in [-0.25, -0.2) is 0 Å². The van der Waals surface area contributed by atoms with Gasteiger partial charge in [0, 0.05) is 23.0 Å². The van der Waals surface area contributed by atoms with Crippen LogP contribution in [0.25, 0.3) is 5.57 Å². The van der Waals surface area contributed by atoms with E-state index in [4.69, 9.17) is 14.2 Å². The van der Waals surface area contributed by atoms with Gasteiger partial charge in [-0.1, -0.05) is 48.5 Å². The third-order valence-corrected chi connectivity index (χ3v) is 6.79. The van der Waals surface area contributed by atoms with Gasteiger partial charge in [-0.05, 0) is 53.3 Å². The van der Waals surface area contributed by atoms with E-state index in [0.29, 0.717) is 5.92 Å². The first-order valence-electron chi connectivity index (χ1n) is 10.4. The number of fused-ring (bicyclic) bond motifs is 3. The van der Waals surface area contributed by atoms with Crippen LogP contribution in [0.2, 0.25) is 0 Å². The largest absolute Gasteiger partial charge is 0.497 e. The Morgan fingerprint density at radius 2 is 1.53 bits per heavy atom. The van der Waals surface area contributed by atoms with Gasteiger partial charge in [0.15, 0.2) is 0 Å². The molecule has 152 valence electrons. The monoisotopic (exact) mass is 398 g/mol. The molecule has 3 aromatic carbocycles. The summed E-state index contributed by atoms with van der Waals surface area (Å²) in [6.07, 6.45) is 4.36. The average Bonchev–Trinajstić information content (AvgIpc) is 3.33. The van der Waals surface area contributed by atoms with E-state index in [0.717, 1.165) is 30.1 Å². The molecule has 0 heterocycles. The smallest absolute Gasteiger partial charge is 0.130 e. The molecule has 2 aliphatic rings. The molecule has 3 heteroatoms. The molecular formula is C27H26O3. The van der Waals surface area contributed by atoms with Crippen molar-refractivity contribution in [3.8, 4) is 17.2 Å². The van der Waals surface area contributed by atoms with E-state index in [1.807, 2.05) is 6.07 Å². The van der Waals surface area contributed by atoms with Crippen LogP contribution in [0, 0.1) is 0 Å². The molecule has 0 amide bonds. The number of allylic oxidation sites excluding steroid dienone is 2. The fourth-order valence-electron chi connectivity index (χ4n) is 5.47. The Bertz CT molecular complexity index is 1100. The number of hydrogen-bond donors (Lipinski definition) is 0. The Balaban J connectivity index is 1.73. The molecule has 0 fully saturated rings. The summed E-state index contributed by atoms with van der Waals surface area (Å²) in [6.45, 7) is 0. The number of hydrogen-bond acceptors (Lipinski definition) is 3. The van der Waals surface area contributed by atoms with E-state index in [-0.39, 0.29) is 5.41 Å². The van der Waals surface area contributed by atoms with Crippen molar-refractivity contribution in [2.75, 3.05) is 21.3 Å². The summed E-state index contributed by atoms with van der Waals surface area (Å²) >= 11 is 0. The predicted molar refractivity (Wildman–Crippen MR) is 120 cm³/mol. The minimum Gasteiger partial charge on any atom is -0.497 e. The maximum Gasteiger partial charge on any atom is 0.130 e. The number of ether oxygens (including phenoxy) is 3. The Labute approximate surface area is 177 Å². The van der Waals surface area contributed by atoms with Crippen LogP contribution < -0.4 is 14.2 Å². The summed E-state index contributed by atoms with van der Waals surface area (Å²) in [7, 11) is 5.17. The summed E-state index contributed by atoms with van der Waals surface area (Å²) in [4.78, 5) is 0. The van der Waals surface area contributed by atoms with Crippen molar-refractivity contribution in [2.45, 2.75) is 24.2 Å². The van der Waals surface area contributed by atoms with Gasteiger partial charge in [0.2, 0.25) is 0 Å². The first-order chi connectivity index (χ1) is 14.7. The van der Waals surface area contributed by atoms with Gasteiger partial charge in [-0.2, -0.15) is 0 Å². The quantitative estimate of drug-likeness (QED) is 0.545. The van der Waals surface area contributed by atoms with Crippen LogP contribution in [0.4, 0.5) is 0 Å². The van der Waals surface area contributed by atoms with Crippen molar-refractivity contribution in [1.82, 2.24) is 0 Å². The Morgan fingerprint density at radius 1 is 0.800 bits per heavy atom. The van der Waals surface area contributed by atoms with Gasteiger partial charge in [0.1, 0.15) is 17.2 Å². The normalized spacial score (nSPS) is 21.6. The molecule has 2 aliphatic carbocycles. The van der Waals surface area contributed by atoms with Crippen LogP contribution in [0.5, 0.6) is 17.2 Å². The highest BCUT2D eigenvalue weighted by molar-refractivity contribution is 5.89. The maximum atomic E-state index is 5.83. The zero-order valence-electron chi connectivity index (χ0n) is 17.6. The van der Waals surface area contributed by atoms with Crippen molar-refractivity contribution in [1.29, 1.82) is 0 Å². The van der Waals surface area contributed by atoms with E-state index in [2.05, 4.69) is 66.7 Å². The van der Waals surface area contributed by atoms with Crippen LogP contribution in [0.3, 0.4) is 0 Å². The second-order valence-electron chi connectivity index (χ2n) is 8.06. The first-order valence-corrected chi connectivity index (χ1v) is 10.4. The Morgan fingerprint density at radius 3 is 2.20 bits per heavy atom. The first kappa shape index (κ1) is 18.8. The summed E-state index contributed by atoms with van der Waals surface area (Å²) in [5, 5.41) is 0. The molecule has 0 saturated carbocycles. The van der Waals surface area contributed by atoms with Crippen LogP contribution in [-0.2, 0) is 11.8 Å². The highest BCUT2D eigenvalue weighted by Crippen LogP contribution is 2.63. The van der Waals surface area contributed by atoms with E-state index < -0.39 is 0 Å². The van der Waals surface area contributed by atoms with E-state index in [1.165, 1.54) is 27.8 Å². The summed E-state index contributed by atoms with van der Waals surface area (Å²) in [5.74, 6) is 2.97. The van der Waals surface area contributed by atoms with Crippen molar-refractivity contribution in [3.05, 3.63) is 95.1 Å². The summed E-state index contributed by atoms with van der Waals surface area (Å²) in [5.41, 5.74) is 6.45. The topological polar surface area (TPSA) is 27.7 Å². The van der Waals surface area contributed by atoms with Gasteiger partial charge in [-0.3, -0.25) is 0 Å². The molecule has 5 rings (SSSR count). The molecule has 3 nitrogen and oxygen atoms in total. The maximum absolute atomic E-state index is 5.83. The zero-order valence-corrected chi connectivity index (χ0v) is 17.6. The minimum absolute atomic E-state index is 0.129. The number of methoxy groups -OCH3 is 3. The second kappa shape index (κ2) is 7.24. The summed E-state index contributed by atoms with van der Waals surface area (Å²) < 4.78 is 16.8. The van der Waals surface area contributed by atoms with Crippen LogP contribution in [0.1, 0.15) is 34.6 Å². The van der Waals surface area contributed by atoms with E-state index >= 15 is 0 Å². The SMILES string of the molecule is COc1ccc([C@@]23Cc4cc(OC)cc(OC)c4C2=CC[C@H]3c2ccccc2)cc1. The van der Waals surface area contributed by atoms with E-state index in [1.54, 1.807) is 21.3 Å². The molecule has 2 atom stereocenters. The third-order valence-electron chi connectivity index (χ3n) is 6.79. The van der Waals surface area contributed by atoms with E-state index in [9.17, 15) is 0 Å². The van der Waals surface area contributed by atoms with Crippen molar-refractivity contribution < 1.29 is 14.2 Å². The van der Waals surface area contributed by atoms with Crippen LogP contribution in [-0.4, -0.2) is 21.3 Å². The standard InChI is InChI=1S/C27H26O3/c1-28-21-11-9-20(10-12-21)27-17-19-15-22(29-2)16-25(30-3)26(19)24(27)14-13-23(27)18-7-5-4-6-8-18/h4-12,14-16,23H,13,17H2,1-3H3/t23-,27+/m0/s1. The van der Waals surface area contributed by atoms with Gasteiger partial charge in [0.05, 0.1) is 21.3 Å². The molecule has 0 N–H and O–H groups in total. The fourth-order valence-corrected chi connectivity index (χ4v) is 5.47. The molecule has 0 spiro atoms. The molecule has 0 radical (unpaired) electrons. The zero-order chi connectivity index (χ0) is 20.7. The van der Waals surface area contributed by atoms with Crippen molar-refractivity contribution >= 4 is 5.57 Å². The molecule has 0 unspecified atom stereocenters. The van der Waals surface area contributed by atoms with Gasteiger partial charge < -0.3 is 14.2 Å². The third kappa shape index (κ3) is 2.65. The molecule has 3 aromatic rings. The number of benzene rings is 3. The van der Waals surface area contributed by atoms with Gasteiger partial charge in [0.25, 0.3) is 0 Å². The lowest BCUT2D eigenvalue weighted by molar-refractivity contribution is 0.393. The molecule has 30 heavy (non-hydrogen) atoms. The van der Waals surface area contributed by atoms with Crippen LogP contribution in [0.15, 0.2) is 72.8 Å². The summed E-state index contributed by atoms with van der Waals surface area (Å²) in [6, 6.07) is 23.6. The molecule has 0 aliphatic heterocycles. The lowest BCUT2D eigenvalue weighted by Gasteiger charge is -2.36. The fraction of sp³-hybridized carbons (Fsp3) is 0.259. The van der Waals surface area contributed by atoms with Crippen LogP contribution >= 0.6 is 0 Å². The Kier molecular flexibility index (Phi) is 4.54.